The minimum atomic E-state index is 0.632. The van der Waals surface area contributed by atoms with Crippen LogP contribution in [0.1, 0.15) is 19.1 Å². The number of likely N-dealkylation sites (tertiary alicyclic amines) is 1. The van der Waals surface area contributed by atoms with Gasteiger partial charge in [0.25, 0.3) is 0 Å². The Hall–Kier alpha value is -0.320. The molecule has 1 fully saturated rings. The molecule has 1 aromatic rings. The molecule has 2 N–H and O–H groups in total. The van der Waals surface area contributed by atoms with Crippen molar-refractivity contribution in [1.29, 1.82) is 0 Å². The number of hydrogen-bond acceptors (Lipinski definition) is 3. The van der Waals surface area contributed by atoms with Crippen LogP contribution in [-0.2, 0) is 6.54 Å². The van der Waals surface area contributed by atoms with Gasteiger partial charge in [-0.25, -0.2) is 0 Å². The summed E-state index contributed by atoms with van der Waals surface area (Å²) in [6.45, 7) is 6.23. The average Bonchev–Trinajstić information content (AvgIpc) is 2.67. The molecule has 0 spiro atoms. The standard InChI is InChI=1S/C12H19BrN2O/c1-9-4-5-15(7-10(9)6-14)8-11-2-3-12(13)16-11/h2-3,9-10H,4-8,14H2,1H3. The van der Waals surface area contributed by atoms with Crippen molar-refractivity contribution in [2.45, 2.75) is 19.9 Å². The lowest BCUT2D eigenvalue weighted by Gasteiger charge is -2.36. The number of halogens is 1. The van der Waals surface area contributed by atoms with E-state index in [2.05, 4.69) is 27.8 Å². The molecule has 1 aliphatic heterocycles. The van der Waals surface area contributed by atoms with Gasteiger partial charge >= 0.3 is 0 Å². The summed E-state index contributed by atoms with van der Waals surface area (Å²) in [4.78, 5) is 2.43. The summed E-state index contributed by atoms with van der Waals surface area (Å²) in [5.41, 5.74) is 5.80. The molecule has 0 radical (unpaired) electrons. The Morgan fingerprint density at radius 1 is 1.56 bits per heavy atom. The molecule has 4 heteroatoms. The van der Waals surface area contributed by atoms with Crippen LogP contribution in [-0.4, -0.2) is 24.5 Å². The number of nitrogens with zero attached hydrogens (tertiary/aromatic N) is 1. The Kier molecular flexibility index (Phi) is 4.05. The zero-order valence-corrected chi connectivity index (χ0v) is 11.2. The van der Waals surface area contributed by atoms with Crippen molar-refractivity contribution >= 4 is 15.9 Å². The Morgan fingerprint density at radius 2 is 2.38 bits per heavy atom. The monoisotopic (exact) mass is 286 g/mol. The number of piperidine rings is 1. The van der Waals surface area contributed by atoms with E-state index in [4.69, 9.17) is 10.2 Å². The molecule has 1 saturated heterocycles. The van der Waals surface area contributed by atoms with Crippen LogP contribution in [0.3, 0.4) is 0 Å². The molecule has 3 nitrogen and oxygen atoms in total. The highest BCUT2D eigenvalue weighted by molar-refractivity contribution is 9.10. The fourth-order valence-electron chi connectivity index (χ4n) is 2.33. The van der Waals surface area contributed by atoms with Gasteiger partial charge in [0.2, 0.25) is 0 Å². The van der Waals surface area contributed by atoms with E-state index in [9.17, 15) is 0 Å². The van der Waals surface area contributed by atoms with Crippen molar-refractivity contribution in [3.63, 3.8) is 0 Å². The number of nitrogens with two attached hydrogens (primary N) is 1. The summed E-state index contributed by atoms with van der Waals surface area (Å²) in [7, 11) is 0. The Bertz CT molecular complexity index is 340. The maximum atomic E-state index is 5.80. The highest BCUT2D eigenvalue weighted by atomic mass is 79.9. The molecule has 2 heterocycles. The molecule has 0 aliphatic carbocycles. The van der Waals surface area contributed by atoms with Crippen LogP contribution in [0.5, 0.6) is 0 Å². The zero-order chi connectivity index (χ0) is 11.5. The van der Waals surface area contributed by atoms with E-state index in [1.54, 1.807) is 0 Å². The minimum absolute atomic E-state index is 0.632. The van der Waals surface area contributed by atoms with Gasteiger partial charge in [0.05, 0.1) is 6.54 Å². The van der Waals surface area contributed by atoms with Crippen molar-refractivity contribution in [3.05, 3.63) is 22.6 Å². The summed E-state index contributed by atoms with van der Waals surface area (Å²) >= 11 is 3.33. The molecule has 0 amide bonds. The van der Waals surface area contributed by atoms with Gasteiger partial charge in [0, 0.05) is 6.54 Å². The highest BCUT2D eigenvalue weighted by Crippen LogP contribution is 2.24. The molecule has 2 rings (SSSR count). The van der Waals surface area contributed by atoms with Crippen LogP contribution >= 0.6 is 15.9 Å². The first-order valence-corrected chi connectivity index (χ1v) is 6.65. The first-order valence-electron chi connectivity index (χ1n) is 5.85. The van der Waals surface area contributed by atoms with Crippen LogP contribution in [0, 0.1) is 11.8 Å². The molecule has 2 unspecified atom stereocenters. The molecule has 1 aromatic heterocycles. The number of furan rings is 1. The Morgan fingerprint density at radius 3 is 3.00 bits per heavy atom. The van der Waals surface area contributed by atoms with Crippen LogP contribution in [0.15, 0.2) is 21.2 Å². The molecular weight excluding hydrogens is 268 g/mol. The molecule has 1 aliphatic rings. The largest absolute Gasteiger partial charge is 0.453 e. The number of hydrogen-bond donors (Lipinski definition) is 1. The summed E-state index contributed by atoms with van der Waals surface area (Å²) in [5, 5.41) is 0. The van der Waals surface area contributed by atoms with Crippen LogP contribution in [0.25, 0.3) is 0 Å². The second-order valence-corrected chi connectivity index (χ2v) is 5.48. The molecule has 2 atom stereocenters. The van der Waals surface area contributed by atoms with Gasteiger partial charge in [-0.15, -0.1) is 0 Å². The van der Waals surface area contributed by atoms with Gasteiger partial charge in [-0.05, 0) is 59.4 Å². The van der Waals surface area contributed by atoms with Crippen molar-refractivity contribution in [2.24, 2.45) is 17.6 Å². The lowest BCUT2D eigenvalue weighted by Crippen LogP contribution is -2.42. The van der Waals surface area contributed by atoms with Crippen LogP contribution in [0.4, 0.5) is 0 Å². The molecular formula is C12H19BrN2O. The fourth-order valence-corrected chi connectivity index (χ4v) is 2.67. The van der Waals surface area contributed by atoms with E-state index in [1.165, 1.54) is 6.42 Å². The minimum Gasteiger partial charge on any atom is -0.453 e. The third-order valence-electron chi connectivity index (χ3n) is 3.51. The Labute approximate surface area is 105 Å². The molecule has 0 saturated carbocycles. The summed E-state index contributed by atoms with van der Waals surface area (Å²) in [5.74, 6) is 2.41. The first kappa shape index (κ1) is 12.1. The van der Waals surface area contributed by atoms with E-state index in [-0.39, 0.29) is 0 Å². The quantitative estimate of drug-likeness (QED) is 0.928. The SMILES string of the molecule is CC1CCN(Cc2ccc(Br)o2)CC1CN. The molecule has 0 bridgehead atoms. The predicted molar refractivity (Wildman–Crippen MR) is 68.0 cm³/mol. The van der Waals surface area contributed by atoms with Gasteiger partial charge < -0.3 is 10.2 Å². The zero-order valence-electron chi connectivity index (χ0n) is 9.66. The van der Waals surface area contributed by atoms with Crippen molar-refractivity contribution in [1.82, 2.24) is 4.90 Å². The fraction of sp³-hybridized carbons (Fsp3) is 0.667. The van der Waals surface area contributed by atoms with Gasteiger partial charge in [-0.2, -0.15) is 0 Å². The predicted octanol–water partition coefficient (Wildman–Crippen LogP) is 2.46. The second-order valence-electron chi connectivity index (χ2n) is 4.70. The van der Waals surface area contributed by atoms with Crippen molar-refractivity contribution < 1.29 is 4.42 Å². The normalized spacial score (nSPS) is 27.2. The van der Waals surface area contributed by atoms with Gasteiger partial charge in [-0.1, -0.05) is 6.92 Å². The average molecular weight is 287 g/mol. The van der Waals surface area contributed by atoms with Crippen molar-refractivity contribution in [3.8, 4) is 0 Å². The van der Waals surface area contributed by atoms with E-state index in [0.717, 1.165) is 42.5 Å². The molecule has 90 valence electrons. The Balaban J connectivity index is 1.91. The van der Waals surface area contributed by atoms with Crippen LogP contribution in [0.2, 0.25) is 0 Å². The highest BCUT2D eigenvalue weighted by Gasteiger charge is 2.25. The maximum Gasteiger partial charge on any atom is 0.169 e. The van der Waals surface area contributed by atoms with E-state index < -0.39 is 0 Å². The lowest BCUT2D eigenvalue weighted by atomic mass is 9.87. The van der Waals surface area contributed by atoms with E-state index in [1.807, 2.05) is 12.1 Å². The maximum absolute atomic E-state index is 5.80. The summed E-state index contributed by atoms with van der Waals surface area (Å²) < 4.78 is 6.33. The third-order valence-corrected chi connectivity index (χ3v) is 3.94. The second kappa shape index (κ2) is 5.34. The van der Waals surface area contributed by atoms with Crippen molar-refractivity contribution in [2.75, 3.05) is 19.6 Å². The molecule has 16 heavy (non-hydrogen) atoms. The first-order chi connectivity index (χ1) is 7.69. The smallest absolute Gasteiger partial charge is 0.169 e. The number of rotatable bonds is 3. The summed E-state index contributed by atoms with van der Waals surface area (Å²) in [6, 6.07) is 3.97. The van der Waals surface area contributed by atoms with Gasteiger partial charge in [0.15, 0.2) is 4.67 Å². The molecule has 0 aromatic carbocycles. The summed E-state index contributed by atoms with van der Waals surface area (Å²) in [6.07, 6.45) is 1.24. The van der Waals surface area contributed by atoms with Gasteiger partial charge in [-0.3, -0.25) is 4.90 Å². The lowest BCUT2D eigenvalue weighted by molar-refractivity contribution is 0.118. The topological polar surface area (TPSA) is 42.4 Å². The van der Waals surface area contributed by atoms with Crippen LogP contribution < -0.4 is 5.73 Å². The van der Waals surface area contributed by atoms with E-state index in [0.29, 0.717) is 5.92 Å². The van der Waals surface area contributed by atoms with E-state index >= 15 is 0 Å². The van der Waals surface area contributed by atoms with Gasteiger partial charge in [0.1, 0.15) is 5.76 Å². The third kappa shape index (κ3) is 2.87.